The Morgan fingerprint density at radius 3 is 2.40 bits per heavy atom. The van der Waals surface area contributed by atoms with E-state index in [0.717, 1.165) is 32.1 Å². The molecule has 4 aliphatic carbocycles. The lowest BCUT2D eigenvalue weighted by molar-refractivity contribution is -0.152. The molecule has 6 nitrogen and oxygen atoms in total. The monoisotopic (exact) mass is 496 g/mol. The van der Waals surface area contributed by atoms with Crippen molar-refractivity contribution in [1.29, 1.82) is 0 Å². The number of carbonyl (C=O) groups excluding carboxylic acids is 2. The molecule has 4 aliphatic rings. The second-order valence-electron chi connectivity index (χ2n) is 10.1. The van der Waals surface area contributed by atoms with Gasteiger partial charge in [-0.05, 0) is 87.8 Å². The zero-order valence-corrected chi connectivity index (χ0v) is 19.8. The van der Waals surface area contributed by atoms with Crippen LogP contribution in [0.25, 0.3) is 0 Å². The maximum absolute atomic E-state index is 13.2. The normalized spacial score (nSPS) is 32.9. The van der Waals surface area contributed by atoms with Crippen molar-refractivity contribution in [2.75, 3.05) is 0 Å². The van der Waals surface area contributed by atoms with E-state index in [1.54, 1.807) is 26.0 Å². The molecule has 0 radical (unpaired) electrons. The van der Waals surface area contributed by atoms with Gasteiger partial charge in [-0.15, -0.1) is 0 Å². The summed E-state index contributed by atoms with van der Waals surface area (Å²) in [6.45, 7) is 3.26. The summed E-state index contributed by atoms with van der Waals surface area (Å²) in [7, 11) is -3.83. The molecule has 3 N–H and O–H groups in total. The fourth-order valence-corrected chi connectivity index (χ4v) is 8.31. The van der Waals surface area contributed by atoms with Crippen molar-refractivity contribution in [3.8, 4) is 0 Å². The summed E-state index contributed by atoms with van der Waals surface area (Å²) in [5, 5.41) is 0. The number of nitrogens with one attached hydrogen (secondary N) is 1. The van der Waals surface area contributed by atoms with Crippen LogP contribution >= 0.6 is 15.9 Å². The summed E-state index contributed by atoms with van der Waals surface area (Å²) < 4.78 is 28.9. The Kier molecular flexibility index (Phi) is 5.43. The number of primary amides is 1. The topological polar surface area (TPSA) is 106 Å². The molecule has 4 saturated carbocycles. The maximum Gasteiger partial charge on any atom is 0.241 e. The minimum Gasteiger partial charge on any atom is -0.369 e. The molecule has 2 unspecified atom stereocenters. The maximum atomic E-state index is 13.2. The van der Waals surface area contributed by atoms with E-state index in [1.807, 2.05) is 0 Å². The second-order valence-corrected chi connectivity index (χ2v) is 12.7. The predicted molar refractivity (Wildman–Crippen MR) is 117 cm³/mol. The van der Waals surface area contributed by atoms with E-state index in [4.69, 9.17) is 5.73 Å². The number of ketones is 1. The fraction of sp³-hybridized carbons (Fsp3) is 0.636. The van der Waals surface area contributed by atoms with E-state index in [-0.39, 0.29) is 27.9 Å². The van der Waals surface area contributed by atoms with Gasteiger partial charge in [-0.2, -0.15) is 4.72 Å². The SMILES string of the molecule is CC(C)(NS(=O)(=O)c1cccc(Br)c1)C(=O)CC1C2CC3CC1CC(C(N)=O)(C3)C2. The van der Waals surface area contributed by atoms with Crippen LogP contribution in [0.2, 0.25) is 0 Å². The molecular weight excluding hydrogens is 468 g/mol. The zero-order chi connectivity index (χ0) is 21.9. The third kappa shape index (κ3) is 3.86. The lowest BCUT2D eigenvalue weighted by atomic mass is 9.45. The van der Waals surface area contributed by atoms with Crippen LogP contribution in [-0.4, -0.2) is 25.6 Å². The van der Waals surface area contributed by atoms with Crippen molar-refractivity contribution < 1.29 is 18.0 Å². The molecule has 8 heteroatoms. The van der Waals surface area contributed by atoms with E-state index in [1.165, 1.54) is 12.1 Å². The van der Waals surface area contributed by atoms with Gasteiger partial charge in [0.05, 0.1) is 10.4 Å². The second kappa shape index (κ2) is 7.41. The minimum absolute atomic E-state index is 0.105. The Balaban J connectivity index is 1.48. The molecule has 2 atom stereocenters. The molecule has 1 amide bonds. The van der Waals surface area contributed by atoms with Crippen molar-refractivity contribution in [3.63, 3.8) is 0 Å². The van der Waals surface area contributed by atoms with E-state index in [0.29, 0.717) is 28.6 Å². The van der Waals surface area contributed by atoms with Crippen molar-refractivity contribution in [3.05, 3.63) is 28.7 Å². The first kappa shape index (κ1) is 22.0. The van der Waals surface area contributed by atoms with Crippen LogP contribution in [0, 0.1) is 29.1 Å². The van der Waals surface area contributed by atoms with E-state index >= 15 is 0 Å². The van der Waals surface area contributed by atoms with Crippen molar-refractivity contribution in [2.24, 2.45) is 34.8 Å². The third-order valence-corrected chi connectivity index (χ3v) is 9.75. The molecule has 0 aromatic heterocycles. The Hall–Kier alpha value is -1.25. The first-order valence-corrected chi connectivity index (χ1v) is 12.8. The van der Waals surface area contributed by atoms with Crippen LogP contribution in [-0.2, 0) is 19.6 Å². The van der Waals surface area contributed by atoms with Gasteiger partial charge < -0.3 is 5.73 Å². The minimum atomic E-state index is -3.83. The number of Topliss-reactive ketones (excluding diaryl/α,β-unsaturated/α-hetero) is 1. The number of halogens is 1. The Morgan fingerprint density at radius 2 is 1.83 bits per heavy atom. The highest BCUT2D eigenvalue weighted by Crippen LogP contribution is 2.62. The molecule has 164 valence electrons. The smallest absolute Gasteiger partial charge is 0.241 e. The largest absolute Gasteiger partial charge is 0.369 e. The van der Waals surface area contributed by atoms with Crippen molar-refractivity contribution >= 4 is 37.6 Å². The first-order chi connectivity index (χ1) is 13.9. The Labute approximate surface area is 186 Å². The molecule has 30 heavy (non-hydrogen) atoms. The molecule has 0 saturated heterocycles. The fourth-order valence-electron chi connectivity index (χ4n) is 6.32. The van der Waals surface area contributed by atoms with Gasteiger partial charge in [0.2, 0.25) is 15.9 Å². The van der Waals surface area contributed by atoms with Crippen LogP contribution in [0.3, 0.4) is 0 Å². The molecule has 4 bridgehead atoms. The number of benzene rings is 1. The number of sulfonamides is 1. The Morgan fingerprint density at radius 1 is 1.20 bits per heavy atom. The number of hydrogen-bond acceptors (Lipinski definition) is 4. The number of nitrogens with two attached hydrogens (primary N) is 1. The number of hydrogen-bond donors (Lipinski definition) is 2. The molecule has 1 aromatic carbocycles. The summed E-state index contributed by atoms with van der Waals surface area (Å²) in [5.74, 6) is 1.09. The average Bonchev–Trinajstić information content (AvgIpc) is 2.63. The van der Waals surface area contributed by atoms with Gasteiger partial charge in [0.15, 0.2) is 5.78 Å². The molecular formula is C22H29BrN2O4S. The van der Waals surface area contributed by atoms with Crippen LogP contribution in [0.4, 0.5) is 0 Å². The highest BCUT2D eigenvalue weighted by atomic mass is 79.9. The van der Waals surface area contributed by atoms with E-state index in [2.05, 4.69) is 20.7 Å². The highest BCUT2D eigenvalue weighted by molar-refractivity contribution is 9.10. The molecule has 5 rings (SSSR count). The summed E-state index contributed by atoms with van der Waals surface area (Å²) >= 11 is 3.29. The Bertz CT molecular complexity index is 975. The quantitative estimate of drug-likeness (QED) is 0.602. The lowest BCUT2D eigenvalue weighted by Crippen LogP contribution is -2.57. The van der Waals surface area contributed by atoms with E-state index < -0.39 is 15.6 Å². The van der Waals surface area contributed by atoms with Crippen LogP contribution < -0.4 is 10.5 Å². The summed E-state index contributed by atoms with van der Waals surface area (Å²) in [6.07, 6.45) is 4.88. The number of amides is 1. The molecule has 0 aliphatic heterocycles. The van der Waals surface area contributed by atoms with Gasteiger partial charge in [-0.3, -0.25) is 9.59 Å². The summed E-state index contributed by atoms with van der Waals surface area (Å²) in [4.78, 5) is 25.5. The first-order valence-electron chi connectivity index (χ1n) is 10.5. The molecule has 0 heterocycles. The predicted octanol–water partition coefficient (Wildman–Crippen LogP) is 3.39. The highest BCUT2D eigenvalue weighted by Gasteiger charge is 2.58. The van der Waals surface area contributed by atoms with Gasteiger partial charge in [-0.25, -0.2) is 8.42 Å². The van der Waals surface area contributed by atoms with Crippen LogP contribution in [0.15, 0.2) is 33.6 Å². The van der Waals surface area contributed by atoms with Crippen LogP contribution in [0.5, 0.6) is 0 Å². The number of carbonyl (C=O) groups is 2. The summed E-state index contributed by atoms with van der Waals surface area (Å²) in [6, 6.07) is 6.43. The standard InChI is InChI=1S/C22H29BrN2O4S/c1-21(2,25-30(28,29)17-5-3-4-16(23)8-17)19(26)9-18-14-6-13-7-15(18)12-22(10-13,11-14)20(24)27/h3-5,8,13-15,18,25H,6-7,9-12H2,1-2H3,(H2,24,27). The van der Waals surface area contributed by atoms with Crippen molar-refractivity contribution in [2.45, 2.75) is 62.8 Å². The van der Waals surface area contributed by atoms with Crippen LogP contribution in [0.1, 0.15) is 52.4 Å². The zero-order valence-electron chi connectivity index (χ0n) is 17.4. The lowest BCUT2D eigenvalue weighted by Gasteiger charge is -2.59. The van der Waals surface area contributed by atoms with Crippen molar-refractivity contribution in [1.82, 2.24) is 4.72 Å². The van der Waals surface area contributed by atoms with Gasteiger partial charge in [0.25, 0.3) is 0 Å². The summed E-state index contributed by atoms with van der Waals surface area (Å²) in [5.41, 5.74) is 4.16. The number of rotatable bonds is 7. The van der Waals surface area contributed by atoms with Gasteiger partial charge in [0.1, 0.15) is 0 Å². The van der Waals surface area contributed by atoms with Gasteiger partial charge in [-0.1, -0.05) is 22.0 Å². The molecule has 1 aromatic rings. The third-order valence-electron chi connectivity index (χ3n) is 7.61. The molecule has 4 fully saturated rings. The molecule has 0 spiro atoms. The van der Waals surface area contributed by atoms with Gasteiger partial charge in [0, 0.05) is 16.3 Å². The van der Waals surface area contributed by atoms with E-state index in [9.17, 15) is 18.0 Å². The van der Waals surface area contributed by atoms with Gasteiger partial charge >= 0.3 is 0 Å². The average molecular weight is 497 g/mol.